The van der Waals surface area contributed by atoms with Crippen molar-refractivity contribution in [3.8, 4) is 0 Å². The zero-order valence-corrected chi connectivity index (χ0v) is 18.8. The van der Waals surface area contributed by atoms with Gasteiger partial charge in [0.15, 0.2) is 0 Å². The molecule has 0 bridgehead atoms. The van der Waals surface area contributed by atoms with Gasteiger partial charge in [-0.15, -0.1) is 0 Å². The molecular weight excluding hydrogens is 380 g/mol. The summed E-state index contributed by atoms with van der Waals surface area (Å²) >= 11 is 0. The predicted octanol–water partition coefficient (Wildman–Crippen LogP) is 2.70. The third-order valence-corrected chi connectivity index (χ3v) is 5.95. The van der Waals surface area contributed by atoms with Gasteiger partial charge in [0.25, 0.3) is 5.91 Å². The number of nitrogens with zero attached hydrogens (tertiary/aromatic N) is 1. The Labute approximate surface area is 180 Å². The fourth-order valence-corrected chi connectivity index (χ4v) is 3.62. The fraction of sp³-hybridized carbons (Fsp3) is 0.609. The topological polar surface area (TPSA) is 90.5 Å². The van der Waals surface area contributed by atoms with E-state index in [2.05, 4.69) is 29.8 Å². The van der Waals surface area contributed by atoms with Gasteiger partial charge in [0.05, 0.1) is 0 Å². The molecule has 1 saturated heterocycles. The lowest BCUT2D eigenvalue weighted by molar-refractivity contribution is -0.125. The Morgan fingerprint density at radius 3 is 2.27 bits per heavy atom. The summed E-state index contributed by atoms with van der Waals surface area (Å²) in [6, 6.07) is 6.67. The molecule has 3 N–H and O–H groups in total. The smallest absolute Gasteiger partial charge is 0.317 e. The van der Waals surface area contributed by atoms with Crippen molar-refractivity contribution in [3.05, 3.63) is 35.4 Å². The zero-order chi connectivity index (χ0) is 22.3. The van der Waals surface area contributed by atoms with Gasteiger partial charge >= 0.3 is 6.03 Å². The molecule has 1 heterocycles. The van der Waals surface area contributed by atoms with E-state index in [9.17, 15) is 14.4 Å². The summed E-state index contributed by atoms with van der Waals surface area (Å²) in [6.07, 6.45) is 1.33. The second-order valence-corrected chi connectivity index (χ2v) is 8.47. The van der Waals surface area contributed by atoms with Crippen molar-refractivity contribution >= 4 is 17.8 Å². The van der Waals surface area contributed by atoms with E-state index >= 15 is 0 Å². The molecule has 0 aliphatic carbocycles. The van der Waals surface area contributed by atoms with Crippen LogP contribution in [-0.2, 0) is 4.79 Å². The minimum atomic E-state index is -0.630. The lowest BCUT2D eigenvalue weighted by Gasteiger charge is -2.36. The molecule has 4 amide bonds. The summed E-state index contributed by atoms with van der Waals surface area (Å²) in [7, 11) is 0. The number of aryl methyl sites for hydroxylation is 1. The van der Waals surface area contributed by atoms with Crippen LogP contribution in [0, 0.1) is 18.8 Å². The number of hydrogen-bond acceptors (Lipinski definition) is 3. The van der Waals surface area contributed by atoms with Crippen LogP contribution in [0.1, 0.15) is 56.5 Å². The van der Waals surface area contributed by atoms with Crippen LogP contribution >= 0.6 is 0 Å². The molecule has 0 unspecified atom stereocenters. The Kier molecular flexibility index (Phi) is 8.69. The highest BCUT2D eigenvalue weighted by Crippen LogP contribution is 2.22. The van der Waals surface area contributed by atoms with Crippen LogP contribution in [0.25, 0.3) is 0 Å². The Bertz CT molecular complexity index is 742. The molecular formula is C23H36N4O3. The number of nitrogens with one attached hydrogen (secondary N) is 3. The third-order valence-electron chi connectivity index (χ3n) is 5.95. The summed E-state index contributed by atoms with van der Waals surface area (Å²) in [6.45, 7) is 11.6. The number of urea groups is 1. The molecule has 7 nitrogen and oxygen atoms in total. The van der Waals surface area contributed by atoms with Crippen molar-refractivity contribution in [2.24, 2.45) is 11.8 Å². The lowest BCUT2D eigenvalue weighted by Crippen LogP contribution is -2.56. The number of hydrogen-bond donors (Lipinski definition) is 3. The lowest BCUT2D eigenvalue weighted by atomic mass is 9.88. The van der Waals surface area contributed by atoms with Gasteiger partial charge in [-0.05, 0) is 57.1 Å². The Hall–Kier alpha value is -2.57. The van der Waals surface area contributed by atoms with Crippen LogP contribution in [0.2, 0.25) is 0 Å². The molecule has 1 aliphatic heterocycles. The van der Waals surface area contributed by atoms with Crippen LogP contribution in [0.4, 0.5) is 4.79 Å². The number of amides is 4. The summed E-state index contributed by atoms with van der Waals surface area (Å²) in [5.41, 5.74) is 1.45. The molecule has 2 rings (SSSR count). The van der Waals surface area contributed by atoms with Gasteiger partial charge in [0.2, 0.25) is 5.91 Å². The number of carbonyl (C=O) groups excluding carboxylic acids is 3. The van der Waals surface area contributed by atoms with E-state index in [1.807, 2.05) is 39.0 Å². The fourth-order valence-electron chi connectivity index (χ4n) is 3.62. The molecule has 0 saturated carbocycles. The number of likely N-dealkylation sites (tertiary alicyclic amines) is 1. The first-order valence-corrected chi connectivity index (χ1v) is 10.9. The first-order valence-electron chi connectivity index (χ1n) is 10.9. The average Bonchev–Trinajstić information content (AvgIpc) is 2.72. The minimum Gasteiger partial charge on any atom is -0.352 e. The second-order valence-electron chi connectivity index (χ2n) is 8.47. The number of rotatable bonds is 7. The number of benzene rings is 1. The number of piperidine rings is 1. The maximum atomic E-state index is 13.1. The maximum Gasteiger partial charge on any atom is 0.317 e. The third kappa shape index (κ3) is 6.21. The van der Waals surface area contributed by atoms with Crippen LogP contribution in [-0.4, -0.2) is 54.5 Å². The minimum absolute atomic E-state index is 0.00536. The molecule has 1 aliphatic rings. The summed E-state index contributed by atoms with van der Waals surface area (Å²) in [5.74, 6) is -0.129. The second kappa shape index (κ2) is 11.0. The highest BCUT2D eigenvalue weighted by Gasteiger charge is 2.34. The van der Waals surface area contributed by atoms with Crippen LogP contribution in [0.5, 0.6) is 0 Å². The van der Waals surface area contributed by atoms with Crippen molar-refractivity contribution in [1.82, 2.24) is 20.9 Å². The quantitative estimate of drug-likeness (QED) is 0.638. The molecule has 0 radical (unpaired) electrons. The highest BCUT2D eigenvalue weighted by atomic mass is 16.2. The predicted molar refractivity (Wildman–Crippen MR) is 118 cm³/mol. The van der Waals surface area contributed by atoms with Crippen molar-refractivity contribution in [3.63, 3.8) is 0 Å². The van der Waals surface area contributed by atoms with Crippen molar-refractivity contribution in [2.75, 3.05) is 19.6 Å². The van der Waals surface area contributed by atoms with Gasteiger partial charge in [-0.1, -0.05) is 32.0 Å². The van der Waals surface area contributed by atoms with E-state index in [0.717, 1.165) is 5.56 Å². The maximum absolute atomic E-state index is 13.1. The van der Waals surface area contributed by atoms with Crippen molar-refractivity contribution in [1.29, 1.82) is 0 Å². The molecule has 1 aromatic carbocycles. The normalized spacial score (nSPS) is 16.7. The summed E-state index contributed by atoms with van der Waals surface area (Å²) < 4.78 is 0. The Morgan fingerprint density at radius 2 is 1.70 bits per heavy atom. The Morgan fingerprint density at radius 1 is 1.07 bits per heavy atom. The van der Waals surface area contributed by atoms with E-state index in [-0.39, 0.29) is 29.8 Å². The molecule has 1 fully saturated rings. The van der Waals surface area contributed by atoms with Gasteiger partial charge in [-0.25, -0.2) is 4.79 Å². The van der Waals surface area contributed by atoms with Crippen LogP contribution < -0.4 is 16.0 Å². The molecule has 7 heteroatoms. The van der Waals surface area contributed by atoms with Gasteiger partial charge in [0.1, 0.15) is 6.04 Å². The molecule has 0 spiro atoms. The van der Waals surface area contributed by atoms with E-state index in [4.69, 9.17) is 0 Å². The van der Waals surface area contributed by atoms with Gasteiger partial charge < -0.3 is 20.9 Å². The largest absolute Gasteiger partial charge is 0.352 e. The van der Waals surface area contributed by atoms with Crippen LogP contribution in [0.3, 0.4) is 0 Å². The monoisotopic (exact) mass is 416 g/mol. The van der Waals surface area contributed by atoms with E-state index in [1.165, 1.54) is 0 Å². The van der Waals surface area contributed by atoms with Crippen molar-refractivity contribution in [2.45, 2.75) is 59.5 Å². The highest BCUT2D eigenvalue weighted by molar-refractivity contribution is 5.98. The molecule has 0 aromatic heterocycles. The first-order chi connectivity index (χ1) is 14.2. The van der Waals surface area contributed by atoms with Gasteiger partial charge in [-0.2, -0.15) is 0 Å². The summed E-state index contributed by atoms with van der Waals surface area (Å²) in [5, 5.41) is 8.86. The van der Waals surface area contributed by atoms with E-state index in [0.29, 0.717) is 44.0 Å². The van der Waals surface area contributed by atoms with Crippen LogP contribution in [0.15, 0.2) is 24.3 Å². The molecule has 30 heavy (non-hydrogen) atoms. The molecule has 1 aromatic rings. The average molecular weight is 417 g/mol. The zero-order valence-electron chi connectivity index (χ0n) is 18.8. The first kappa shape index (κ1) is 23.7. The standard InChI is InChI=1S/C23H36N4O3/c1-6-24-23(30)27-13-11-18(12-14-27)20(22(29)25-17(5)15(2)3)26-21(28)19-10-8-7-9-16(19)4/h7-10,15,17-18,20H,6,11-14H2,1-5H3,(H,24,30)(H,25,29)(H,26,28)/t17-,20+/m0/s1. The number of carbonyl (C=O) groups is 3. The molecule has 2 atom stereocenters. The Balaban J connectivity index is 2.13. The van der Waals surface area contributed by atoms with E-state index in [1.54, 1.807) is 11.0 Å². The van der Waals surface area contributed by atoms with E-state index < -0.39 is 6.04 Å². The van der Waals surface area contributed by atoms with Crippen molar-refractivity contribution < 1.29 is 14.4 Å². The SMILES string of the molecule is CCNC(=O)N1CCC([C@@H](NC(=O)c2ccccc2C)C(=O)N[C@@H](C)C(C)C)CC1. The summed E-state index contributed by atoms with van der Waals surface area (Å²) in [4.78, 5) is 39.9. The van der Waals surface area contributed by atoms with Gasteiger partial charge in [0, 0.05) is 31.2 Å². The van der Waals surface area contributed by atoms with Gasteiger partial charge in [-0.3, -0.25) is 9.59 Å². The molecule has 166 valence electrons.